The highest BCUT2D eigenvalue weighted by Crippen LogP contribution is 2.24. The second-order valence-electron chi connectivity index (χ2n) is 6.42. The summed E-state index contributed by atoms with van der Waals surface area (Å²) in [6, 6.07) is 9.40. The molecule has 0 bridgehead atoms. The van der Waals surface area contributed by atoms with Crippen molar-refractivity contribution in [3.63, 3.8) is 0 Å². The molecule has 7 heteroatoms. The fourth-order valence-electron chi connectivity index (χ4n) is 2.01. The maximum absolute atomic E-state index is 14.0. The molecule has 0 heterocycles. The molecule has 0 aromatic heterocycles. The summed E-state index contributed by atoms with van der Waals surface area (Å²) in [6.45, 7) is 5.65. The highest BCUT2D eigenvalue weighted by molar-refractivity contribution is 6.42. The predicted molar refractivity (Wildman–Crippen MR) is 100 cm³/mol. The largest absolute Gasteiger partial charge is 0.444 e. The first-order chi connectivity index (χ1) is 11.6. The van der Waals surface area contributed by atoms with Gasteiger partial charge in [-0.3, -0.25) is 5.32 Å². The van der Waals surface area contributed by atoms with Gasteiger partial charge in [0.25, 0.3) is 0 Å². The third-order valence-corrected chi connectivity index (χ3v) is 3.82. The lowest BCUT2D eigenvalue weighted by molar-refractivity contribution is 0.0636. The van der Waals surface area contributed by atoms with E-state index in [1.165, 1.54) is 18.2 Å². The number of benzene rings is 2. The van der Waals surface area contributed by atoms with Crippen molar-refractivity contribution >= 4 is 40.7 Å². The summed E-state index contributed by atoms with van der Waals surface area (Å²) in [4.78, 5) is 11.8. The zero-order chi connectivity index (χ0) is 18.6. The summed E-state index contributed by atoms with van der Waals surface area (Å²) >= 11 is 11.8. The molecule has 2 aromatic rings. The lowest BCUT2D eigenvalue weighted by atomic mass is 10.2. The summed E-state index contributed by atoms with van der Waals surface area (Å²) in [6.07, 6.45) is -0.602. The second kappa shape index (κ2) is 7.93. The zero-order valence-electron chi connectivity index (χ0n) is 14.1. The van der Waals surface area contributed by atoms with E-state index in [9.17, 15) is 9.18 Å². The first-order valence-corrected chi connectivity index (χ1v) is 8.37. The van der Waals surface area contributed by atoms with Crippen molar-refractivity contribution in [1.29, 1.82) is 0 Å². The van der Waals surface area contributed by atoms with Gasteiger partial charge in [-0.2, -0.15) is 0 Å². The van der Waals surface area contributed by atoms with Crippen LogP contribution in [0.15, 0.2) is 36.4 Å². The van der Waals surface area contributed by atoms with Gasteiger partial charge in [0.15, 0.2) is 0 Å². The summed E-state index contributed by atoms with van der Waals surface area (Å²) in [5.41, 5.74) is 0.908. The molecular weight excluding hydrogens is 366 g/mol. The van der Waals surface area contributed by atoms with Crippen LogP contribution in [0.3, 0.4) is 0 Å². The molecule has 2 N–H and O–H groups in total. The molecule has 0 aliphatic heterocycles. The first kappa shape index (κ1) is 19.3. The Balaban J connectivity index is 2.05. The van der Waals surface area contributed by atoms with Crippen LogP contribution in [-0.2, 0) is 11.3 Å². The maximum atomic E-state index is 14.0. The smallest absolute Gasteiger partial charge is 0.412 e. The number of halogens is 3. The van der Waals surface area contributed by atoms with Gasteiger partial charge < -0.3 is 10.1 Å². The van der Waals surface area contributed by atoms with Gasteiger partial charge in [0.2, 0.25) is 0 Å². The average Bonchev–Trinajstić information content (AvgIpc) is 2.49. The molecule has 0 saturated heterocycles. The lowest BCUT2D eigenvalue weighted by Crippen LogP contribution is -2.27. The molecule has 25 heavy (non-hydrogen) atoms. The number of carbonyl (C=O) groups is 1. The molecule has 0 aliphatic carbocycles. The Hall–Kier alpha value is -1.98. The molecule has 0 saturated carbocycles. The molecule has 134 valence electrons. The predicted octanol–water partition coefficient (Wildman–Crippen LogP) is 6.09. The van der Waals surface area contributed by atoms with E-state index in [1.54, 1.807) is 39.0 Å². The number of carbonyl (C=O) groups excluding carboxylic acids is 1. The Morgan fingerprint density at radius 3 is 2.48 bits per heavy atom. The minimum absolute atomic E-state index is 0.250. The van der Waals surface area contributed by atoms with Gasteiger partial charge in [-0.15, -0.1) is 0 Å². The Kier molecular flexibility index (Phi) is 6.14. The minimum atomic E-state index is -0.612. The molecule has 0 spiro atoms. The molecule has 2 aromatic carbocycles. The van der Waals surface area contributed by atoms with Crippen molar-refractivity contribution in [3.05, 3.63) is 57.8 Å². The number of nitrogens with one attached hydrogen (secondary N) is 2. The van der Waals surface area contributed by atoms with Crippen LogP contribution < -0.4 is 10.6 Å². The van der Waals surface area contributed by atoms with Crippen LogP contribution in [0, 0.1) is 5.82 Å². The van der Waals surface area contributed by atoms with E-state index in [-0.39, 0.29) is 5.69 Å². The van der Waals surface area contributed by atoms with Gasteiger partial charge >= 0.3 is 6.09 Å². The van der Waals surface area contributed by atoms with Crippen molar-refractivity contribution in [2.24, 2.45) is 0 Å². The van der Waals surface area contributed by atoms with E-state index in [4.69, 9.17) is 27.9 Å². The van der Waals surface area contributed by atoms with Crippen molar-refractivity contribution in [2.75, 3.05) is 10.6 Å². The van der Waals surface area contributed by atoms with Gasteiger partial charge in [0.05, 0.1) is 15.7 Å². The maximum Gasteiger partial charge on any atom is 0.412 e. The van der Waals surface area contributed by atoms with E-state index >= 15 is 0 Å². The van der Waals surface area contributed by atoms with Gasteiger partial charge in [-0.1, -0.05) is 29.3 Å². The van der Waals surface area contributed by atoms with E-state index in [0.29, 0.717) is 22.3 Å². The van der Waals surface area contributed by atoms with Crippen LogP contribution in [0.25, 0.3) is 0 Å². The molecule has 0 atom stereocenters. The lowest BCUT2D eigenvalue weighted by Gasteiger charge is -2.20. The molecule has 2 rings (SSSR count). The van der Waals surface area contributed by atoms with E-state index < -0.39 is 17.5 Å². The second-order valence-corrected chi connectivity index (χ2v) is 7.24. The number of ether oxygens (including phenoxy) is 1. The Bertz CT molecular complexity index is 776. The van der Waals surface area contributed by atoms with Crippen LogP contribution in [0.5, 0.6) is 0 Å². The Labute approximate surface area is 156 Å². The molecule has 4 nitrogen and oxygen atoms in total. The van der Waals surface area contributed by atoms with E-state index in [0.717, 1.165) is 5.56 Å². The molecule has 1 amide bonds. The van der Waals surface area contributed by atoms with Gasteiger partial charge in [0, 0.05) is 12.2 Å². The number of amides is 1. The van der Waals surface area contributed by atoms with Crippen molar-refractivity contribution in [1.82, 2.24) is 0 Å². The van der Waals surface area contributed by atoms with E-state index in [2.05, 4.69) is 10.6 Å². The van der Waals surface area contributed by atoms with Gasteiger partial charge in [-0.25, -0.2) is 9.18 Å². The molecule has 0 fully saturated rings. The van der Waals surface area contributed by atoms with Crippen LogP contribution in [-0.4, -0.2) is 11.7 Å². The summed E-state index contributed by atoms with van der Waals surface area (Å²) < 4.78 is 19.1. The summed E-state index contributed by atoms with van der Waals surface area (Å²) in [5, 5.41) is 6.43. The standard InChI is InChI=1S/C18H19Cl2FN2O2/c1-18(2,3)25-17(24)23-12-5-7-15(21)16(9-12)22-10-11-4-6-13(19)14(20)8-11/h4-9,22H,10H2,1-3H3,(H,23,24). The highest BCUT2D eigenvalue weighted by atomic mass is 35.5. The van der Waals surface area contributed by atoms with Crippen LogP contribution in [0.1, 0.15) is 26.3 Å². The molecular formula is C18H19Cl2FN2O2. The monoisotopic (exact) mass is 384 g/mol. The average molecular weight is 385 g/mol. The number of anilines is 2. The topological polar surface area (TPSA) is 50.4 Å². The Morgan fingerprint density at radius 2 is 1.84 bits per heavy atom. The van der Waals surface area contributed by atoms with Crippen molar-refractivity contribution < 1.29 is 13.9 Å². The molecule has 0 radical (unpaired) electrons. The molecule has 0 unspecified atom stereocenters. The fourth-order valence-corrected chi connectivity index (χ4v) is 2.33. The third kappa shape index (κ3) is 6.11. The van der Waals surface area contributed by atoms with Crippen molar-refractivity contribution in [3.8, 4) is 0 Å². The van der Waals surface area contributed by atoms with Crippen LogP contribution >= 0.6 is 23.2 Å². The summed E-state index contributed by atoms with van der Waals surface area (Å²) in [7, 11) is 0. The van der Waals surface area contributed by atoms with Crippen LogP contribution in [0.2, 0.25) is 10.0 Å². The summed E-state index contributed by atoms with van der Waals surface area (Å²) in [5.74, 6) is -0.435. The number of hydrogen-bond donors (Lipinski definition) is 2. The number of hydrogen-bond acceptors (Lipinski definition) is 3. The quantitative estimate of drug-likeness (QED) is 0.670. The zero-order valence-corrected chi connectivity index (χ0v) is 15.6. The van der Waals surface area contributed by atoms with Gasteiger partial charge in [-0.05, 0) is 56.7 Å². The fraction of sp³-hybridized carbons (Fsp3) is 0.278. The highest BCUT2D eigenvalue weighted by Gasteiger charge is 2.16. The SMILES string of the molecule is CC(C)(C)OC(=O)Nc1ccc(F)c(NCc2ccc(Cl)c(Cl)c2)c1. The molecule has 0 aliphatic rings. The minimum Gasteiger partial charge on any atom is -0.444 e. The van der Waals surface area contributed by atoms with Gasteiger partial charge in [0.1, 0.15) is 11.4 Å². The first-order valence-electron chi connectivity index (χ1n) is 7.61. The number of rotatable bonds is 4. The Morgan fingerprint density at radius 1 is 1.12 bits per heavy atom. The van der Waals surface area contributed by atoms with Crippen LogP contribution in [0.4, 0.5) is 20.6 Å². The van der Waals surface area contributed by atoms with E-state index in [1.807, 2.05) is 0 Å². The van der Waals surface area contributed by atoms with Crippen molar-refractivity contribution in [2.45, 2.75) is 32.9 Å². The normalized spacial score (nSPS) is 11.1. The third-order valence-electron chi connectivity index (χ3n) is 3.08.